The van der Waals surface area contributed by atoms with Crippen molar-refractivity contribution < 1.29 is 19.2 Å². The average molecular weight is 500 g/mol. The van der Waals surface area contributed by atoms with Gasteiger partial charge in [0.1, 0.15) is 11.4 Å². The summed E-state index contributed by atoms with van der Waals surface area (Å²) in [7, 11) is 0. The van der Waals surface area contributed by atoms with E-state index in [0.29, 0.717) is 30.3 Å². The first-order chi connectivity index (χ1) is 17.8. The van der Waals surface area contributed by atoms with Crippen molar-refractivity contribution in [2.75, 3.05) is 18.4 Å². The number of amides is 1. The number of nitrogens with zero attached hydrogens (tertiary/aromatic N) is 2. The Bertz CT molecular complexity index is 1260. The number of para-hydroxylation sites is 3. The number of nitrogens with one attached hydrogen (secondary N) is 1. The van der Waals surface area contributed by atoms with Crippen LogP contribution in [0.3, 0.4) is 0 Å². The molecule has 3 aromatic rings. The zero-order valence-corrected chi connectivity index (χ0v) is 21.6. The molecule has 7 nitrogen and oxygen atoms in total. The number of carbonyl (C=O) groups is 1. The average Bonchev–Trinajstić information content (AvgIpc) is 3.30. The van der Waals surface area contributed by atoms with Gasteiger partial charge in [0.25, 0.3) is 0 Å². The highest BCUT2D eigenvalue weighted by Gasteiger charge is 2.43. The first kappa shape index (κ1) is 24.8. The first-order valence-corrected chi connectivity index (χ1v) is 12.7. The van der Waals surface area contributed by atoms with Crippen molar-refractivity contribution in [3.8, 4) is 11.5 Å². The molecule has 2 aliphatic heterocycles. The van der Waals surface area contributed by atoms with Crippen LogP contribution >= 0.6 is 0 Å². The Balaban J connectivity index is 1.13. The Morgan fingerprint density at radius 3 is 2.32 bits per heavy atom. The lowest BCUT2D eigenvalue weighted by molar-refractivity contribution is -0.154. The number of carbonyl (C=O) groups excluding carboxylic acids is 1. The Labute approximate surface area is 218 Å². The number of hydrogen-bond acceptors (Lipinski definition) is 6. The van der Waals surface area contributed by atoms with E-state index < -0.39 is 6.09 Å². The molecule has 0 unspecified atom stereocenters. The van der Waals surface area contributed by atoms with E-state index in [2.05, 4.69) is 55.5 Å². The molecule has 0 radical (unpaired) electrons. The summed E-state index contributed by atoms with van der Waals surface area (Å²) in [4.78, 5) is 24.2. The monoisotopic (exact) mass is 499 g/mol. The van der Waals surface area contributed by atoms with Crippen LogP contribution < -0.4 is 10.1 Å². The fourth-order valence-corrected chi connectivity index (χ4v) is 4.62. The van der Waals surface area contributed by atoms with E-state index in [1.165, 1.54) is 5.56 Å². The molecule has 0 bridgehead atoms. The molecule has 0 saturated carbocycles. The van der Waals surface area contributed by atoms with Crippen LogP contribution in [-0.2, 0) is 15.1 Å². The van der Waals surface area contributed by atoms with Crippen molar-refractivity contribution in [2.24, 2.45) is 5.16 Å². The van der Waals surface area contributed by atoms with Crippen molar-refractivity contribution in [1.29, 1.82) is 0 Å². The minimum Gasteiger partial charge on any atom is -0.455 e. The van der Waals surface area contributed by atoms with Gasteiger partial charge in [-0.2, -0.15) is 0 Å². The van der Waals surface area contributed by atoms with Crippen LogP contribution in [0.5, 0.6) is 11.5 Å². The summed E-state index contributed by atoms with van der Waals surface area (Å²) in [6.45, 7) is 7.77. The summed E-state index contributed by atoms with van der Waals surface area (Å²) in [5.74, 6) is 1.23. The minimum absolute atomic E-state index is 0.115. The van der Waals surface area contributed by atoms with Crippen LogP contribution in [0.25, 0.3) is 0 Å². The second kappa shape index (κ2) is 10.3. The van der Waals surface area contributed by atoms with Gasteiger partial charge in [-0.3, -0.25) is 5.32 Å². The van der Waals surface area contributed by atoms with Crippen LogP contribution in [0.4, 0.5) is 10.5 Å². The van der Waals surface area contributed by atoms with Gasteiger partial charge >= 0.3 is 6.09 Å². The van der Waals surface area contributed by atoms with Gasteiger partial charge in [-0.05, 0) is 40.8 Å². The molecule has 1 saturated heterocycles. The van der Waals surface area contributed by atoms with Crippen molar-refractivity contribution in [3.63, 3.8) is 0 Å². The van der Waals surface area contributed by atoms with Crippen molar-refractivity contribution in [1.82, 2.24) is 5.06 Å². The van der Waals surface area contributed by atoms with Gasteiger partial charge in [-0.15, -0.1) is 5.06 Å². The summed E-state index contributed by atoms with van der Waals surface area (Å²) in [5, 5.41) is 8.91. The van der Waals surface area contributed by atoms with Gasteiger partial charge in [0.2, 0.25) is 0 Å². The van der Waals surface area contributed by atoms with Gasteiger partial charge in [0, 0.05) is 32.4 Å². The van der Waals surface area contributed by atoms with E-state index in [0.717, 1.165) is 30.5 Å². The van der Waals surface area contributed by atoms with Crippen molar-refractivity contribution in [3.05, 3.63) is 90.0 Å². The molecule has 7 heteroatoms. The molecule has 2 heterocycles. The maximum atomic E-state index is 12.6. The number of hydrogen-bond donors (Lipinski definition) is 1. The molecular weight excluding hydrogens is 466 g/mol. The van der Waals surface area contributed by atoms with Gasteiger partial charge in [-0.1, -0.05) is 80.5 Å². The topological polar surface area (TPSA) is 72.4 Å². The van der Waals surface area contributed by atoms with Crippen molar-refractivity contribution in [2.45, 2.75) is 51.0 Å². The van der Waals surface area contributed by atoms with Crippen LogP contribution in [0.2, 0.25) is 0 Å². The van der Waals surface area contributed by atoms with Crippen LogP contribution in [0, 0.1) is 0 Å². The molecule has 37 heavy (non-hydrogen) atoms. The van der Waals surface area contributed by atoms with E-state index in [1.54, 1.807) is 17.2 Å². The highest BCUT2D eigenvalue weighted by atomic mass is 16.7. The molecule has 1 fully saturated rings. The van der Waals surface area contributed by atoms with E-state index in [1.807, 2.05) is 42.5 Å². The lowest BCUT2D eigenvalue weighted by Crippen LogP contribution is -2.45. The predicted molar refractivity (Wildman–Crippen MR) is 144 cm³/mol. The first-order valence-electron chi connectivity index (χ1n) is 12.7. The van der Waals surface area contributed by atoms with E-state index in [-0.39, 0.29) is 11.0 Å². The molecular formula is C30H33N3O4. The standard InChI is InChI=1S/C30H33N3O4/c1-29(2,3)23-15-13-22(14-16-23)26-21-30(37-32-26)17-19-33(20-18-30)36-28(34)31-25-11-7-8-12-27(25)35-24-9-5-4-6-10-24/h4-16H,17-21H2,1-3H3,(H,31,34). The van der Waals surface area contributed by atoms with Crippen LogP contribution in [-0.4, -0.2) is 35.6 Å². The quantitative estimate of drug-likeness (QED) is 0.413. The third-order valence-electron chi connectivity index (χ3n) is 6.86. The summed E-state index contributed by atoms with van der Waals surface area (Å²) in [6.07, 6.45) is 1.65. The molecule has 0 aromatic heterocycles. The number of benzene rings is 3. The van der Waals surface area contributed by atoms with Gasteiger partial charge in [0.05, 0.1) is 11.4 Å². The summed E-state index contributed by atoms with van der Waals surface area (Å²) < 4.78 is 5.92. The summed E-state index contributed by atoms with van der Waals surface area (Å²) in [6, 6.07) is 25.3. The third kappa shape index (κ3) is 5.94. The maximum absolute atomic E-state index is 12.6. The van der Waals surface area contributed by atoms with E-state index >= 15 is 0 Å². The summed E-state index contributed by atoms with van der Waals surface area (Å²) >= 11 is 0. The molecule has 1 amide bonds. The smallest absolute Gasteiger partial charge is 0.430 e. The van der Waals surface area contributed by atoms with Crippen LogP contribution in [0.1, 0.15) is 51.2 Å². The van der Waals surface area contributed by atoms with Crippen LogP contribution in [0.15, 0.2) is 84.0 Å². The minimum atomic E-state index is -0.553. The molecule has 3 aromatic carbocycles. The molecule has 192 valence electrons. The molecule has 0 aliphatic carbocycles. The number of anilines is 1. The zero-order valence-electron chi connectivity index (χ0n) is 21.6. The Morgan fingerprint density at radius 1 is 0.946 bits per heavy atom. The number of rotatable bonds is 5. The highest BCUT2D eigenvalue weighted by molar-refractivity contribution is 6.01. The maximum Gasteiger partial charge on any atom is 0.430 e. The fraction of sp³-hybridized carbons (Fsp3) is 0.333. The Morgan fingerprint density at radius 2 is 1.62 bits per heavy atom. The van der Waals surface area contributed by atoms with Gasteiger partial charge in [-0.25, -0.2) is 4.79 Å². The van der Waals surface area contributed by atoms with Gasteiger partial charge < -0.3 is 14.4 Å². The van der Waals surface area contributed by atoms with E-state index in [4.69, 9.17) is 14.4 Å². The molecule has 0 atom stereocenters. The second-order valence-corrected chi connectivity index (χ2v) is 10.7. The second-order valence-electron chi connectivity index (χ2n) is 10.7. The fourth-order valence-electron chi connectivity index (χ4n) is 4.62. The zero-order chi connectivity index (χ0) is 25.9. The largest absolute Gasteiger partial charge is 0.455 e. The number of piperidine rings is 1. The van der Waals surface area contributed by atoms with E-state index in [9.17, 15) is 4.79 Å². The lowest BCUT2D eigenvalue weighted by Gasteiger charge is -2.35. The SMILES string of the molecule is CC(C)(C)c1ccc(C2=NOC3(CCN(OC(=O)Nc4ccccc4Oc4ccccc4)CC3)C2)cc1. The molecule has 1 spiro atoms. The Kier molecular flexibility index (Phi) is 6.89. The highest BCUT2D eigenvalue weighted by Crippen LogP contribution is 2.37. The Hall–Kier alpha value is -3.84. The molecule has 5 rings (SSSR count). The molecule has 1 N–H and O–H groups in total. The molecule has 2 aliphatic rings. The predicted octanol–water partition coefficient (Wildman–Crippen LogP) is 6.90. The van der Waals surface area contributed by atoms with Crippen molar-refractivity contribution >= 4 is 17.5 Å². The summed E-state index contributed by atoms with van der Waals surface area (Å²) in [5.41, 5.74) is 3.68. The number of hydroxylamine groups is 2. The lowest BCUT2D eigenvalue weighted by atomic mass is 9.84. The number of ether oxygens (including phenoxy) is 1. The number of oxime groups is 1. The van der Waals surface area contributed by atoms with Gasteiger partial charge in [0.15, 0.2) is 5.75 Å². The normalized spacial score (nSPS) is 17.1. The third-order valence-corrected chi connectivity index (χ3v) is 6.86.